The fourth-order valence-electron chi connectivity index (χ4n) is 3.79. The lowest BCUT2D eigenvalue weighted by Crippen LogP contribution is -2.26. The molecule has 130 valence electrons. The lowest BCUT2D eigenvalue weighted by Gasteiger charge is -2.21. The van der Waals surface area contributed by atoms with E-state index in [4.69, 9.17) is 0 Å². The third-order valence-electron chi connectivity index (χ3n) is 5.23. The predicted molar refractivity (Wildman–Crippen MR) is 94.6 cm³/mol. The summed E-state index contributed by atoms with van der Waals surface area (Å²) in [5.41, 5.74) is 1.32. The van der Waals surface area contributed by atoms with Gasteiger partial charge in [0.2, 0.25) is 11.8 Å². The van der Waals surface area contributed by atoms with Gasteiger partial charge in [-0.05, 0) is 31.7 Å². The molecule has 0 atom stereocenters. The summed E-state index contributed by atoms with van der Waals surface area (Å²) in [4.78, 5) is 28.8. The molecule has 5 nitrogen and oxygen atoms in total. The van der Waals surface area contributed by atoms with Gasteiger partial charge in [0, 0.05) is 11.8 Å². The van der Waals surface area contributed by atoms with Gasteiger partial charge >= 0.3 is 0 Å². The average molecular weight is 329 g/mol. The van der Waals surface area contributed by atoms with Crippen molar-refractivity contribution in [2.24, 2.45) is 11.8 Å². The molecule has 1 aromatic rings. The van der Waals surface area contributed by atoms with Crippen molar-refractivity contribution in [3.05, 3.63) is 18.5 Å². The van der Waals surface area contributed by atoms with Crippen LogP contribution >= 0.6 is 0 Å². The van der Waals surface area contributed by atoms with E-state index >= 15 is 0 Å². The van der Waals surface area contributed by atoms with E-state index in [0.29, 0.717) is 11.4 Å². The van der Waals surface area contributed by atoms with Gasteiger partial charge in [0.15, 0.2) is 0 Å². The van der Waals surface area contributed by atoms with Crippen molar-refractivity contribution in [2.45, 2.75) is 64.2 Å². The summed E-state index contributed by atoms with van der Waals surface area (Å²) < 4.78 is 0. The first-order valence-electron chi connectivity index (χ1n) is 9.29. The molecular weight excluding hydrogens is 302 g/mol. The van der Waals surface area contributed by atoms with Crippen LogP contribution in [0.1, 0.15) is 64.2 Å². The van der Waals surface area contributed by atoms with Crippen molar-refractivity contribution < 1.29 is 9.59 Å². The maximum atomic E-state index is 12.3. The highest BCUT2D eigenvalue weighted by atomic mass is 16.2. The Morgan fingerprint density at radius 1 is 0.750 bits per heavy atom. The average Bonchev–Trinajstić information content (AvgIpc) is 2.63. The topological polar surface area (TPSA) is 71.1 Å². The van der Waals surface area contributed by atoms with Gasteiger partial charge in [0.1, 0.15) is 0 Å². The third kappa shape index (κ3) is 4.56. The van der Waals surface area contributed by atoms with Crippen molar-refractivity contribution in [3.8, 4) is 0 Å². The monoisotopic (exact) mass is 329 g/mol. The molecule has 0 aliphatic heterocycles. The number of aromatic nitrogens is 1. The molecule has 24 heavy (non-hydrogen) atoms. The standard InChI is InChI=1S/C19H27N3O2/c23-18(14-7-3-1-4-8-14)21-16-11-17(13-20-12-16)22-19(24)15-9-5-2-6-10-15/h11-15H,1-10H2,(H,21,23)(H,22,24). The number of carbonyl (C=O) groups excluding carboxylic acids is 2. The SMILES string of the molecule is O=C(Nc1cncc(NC(=O)C2CCCCC2)c1)C1CCCCC1. The summed E-state index contributed by atoms with van der Waals surface area (Å²) in [6, 6.07) is 1.80. The van der Waals surface area contributed by atoms with Gasteiger partial charge in [0.25, 0.3) is 0 Å². The highest BCUT2D eigenvalue weighted by Gasteiger charge is 2.22. The molecule has 2 fully saturated rings. The van der Waals surface area contributed by atoms with Gasteiger partial charge in [-0.2, -0.15) is 0 Å². The fraction of sp³-hybridized carbons (Fsp3) is 0.632. The van der Waals surface area contributed by atoms with E-state index in [9.17, 15) is 9.59 Å². The summed E-state index contributed by atoms with van der Waals surface area (Å²) >= 11 is 0. The van der Waals surface area contributed by atoms with Crippen LogP contribution in [0.15, 0.2) is 18.5 Å². The third-order valence-corrected chi connectivity index (χ3v) is 5.23. The lowest BCUT2D eigenvalue weighted by atomic mass is 9.88. The maximum absolute atomic E-state index is 12.3. The molecule has 2 aliphatic carbocycles. The minimum absolute atomic E-state index is 0.0762. The molecule has 2 aliphatic rings. The van der Waals surface area contributed by atoms with Gasteiger partial charge in [0.05, 0.1) is 23.8 Å². The normalized spacial score (nSPS) is 19.7. The second-order valence-electron chi connectivity index (χ2n) is 7.11. The van der Waals surface area contributed by atoms with E-state index in [1.807, 2.05) is 0 Å². The van der Waals surface area contributed by atoms with E-state index in [1.54, 1.807) is 18.5 Å². The van der Waals surface area contributed by atoms with Crippen LogP contribution in [0.3, 0.4) is 0 Å². The van der Waals surface area contributed by atoms with Gasteiger partial charge in [-0.25, -0.2) is 0 Å². The van der Waals surface area contributed by atoms with Crippen LogP contribution in [0.4, 0.5) is 11.4 Å². The van der Waals surface area contributed by atoms with Crippen LogP contribution in [0, 0.1) is 11.8 Å². The molecule has 2 amide bonds. The Balaban J connectivity index is 1.57. The lowest BCUT2D eigenvalue weighted by molar-refractivity contribution is -0.121. The highest BCUT2D eigenvalue weighted by Crippen LogP contribution is 2.27. The summed E-state index contributed by atoms with van der Waals surface area (Å²) in [7, 11) is 0. The Hall–Kier alpha value is -1.91. The largest absolute Gasteiger partial charge is 0.324 e. The zero-order chi connectivity index (χ0) is 16.8. The number of rotatable bonds is 4. The summed E-state index contributed by atoms with van der Waals surface area (Å²) in [5.74, 6) is 0.373. The number of nitrogens with one attached hydrogen (secondary N) is 2. The minimum atomic E-state index is 0.0762. The molecule has 0 saturated heterocycles. The molecule has 0 bridgehead atoms. The molecule has 1 aromatic heterocycles. The van der Waals surface area contributed by atoms with Crippen LogP contribution in [-0.2, 0) is 9.59 Å². The molecule has 2 N–H and O–H groups in total. The van der Waals surface area contributed by atoms with E-state index < -0.39 is 0 Å². The van der Waals surface area contributed by atoms with E-state index in [1.165, 1.54) is 12.8 Å². The first kappa shape index (κ1) is 16.9. The first-order chi connectivity index (χ1) is 11.7. The Kier molecular flexibility index (Phi) is 5.83. The Bertz CT molecular complexity index is 528. The molecular formula is C19H27N3O2. The molecule has 0 unspecified atom stereocenters. The predicted octanol–water partition coefficient (Wildman–Crippen LogP) is 4.12. The van der Waals surface area contributed by atoms with Gasteiger partial charge in [-0.1, -0.05) is 38.5 Å². The molecule has 2 saturated carbocycles. The van der Waals surface area contributed by atoms with E-state index in [0.717, 1.165) is 51.4 Å². The molecule has 3 rings (SSSR count). The molecule has 0 radical (unpaired) electrons. The Morgan fingerprint density at radius 3 is 1.58 bits per heavy atom. The smallest absolute Gasteiger partial charge is 0.227 e. The van der Waals surface area contributed by atoms with E-state index in [-0.39, 0.29) is 23.7 Å². The summed E-state index contributed by atoms with van der Waals surface area (Å²) in [6.45, 7) is 0. The van der Waals surface area contributed by atoms with Gasteiger partial charge in [-0.15, -0.1) is 0 Å². The maximum Gasteiger partial charge on any atom is 0.227 e. The number of pyridine rings is 1. The minimum Gasteiger partial charge on any atom is -0.324 e. The molecule has 5 heteroatoms. The number of carbonyl (C=O) groups is 2. The summed E-state index contributed by atoms with van der Waals surface area (Å²) in [5, 5.41) is 5.90. The molecule has 0 aromatic carbocycles. The highest BCUT2D eigenvalue weighted by molar-refractivity contribution is 5.95. The zero-order valence-corrected chi connectivity index (χ0v) is 14.2. The second-order valence-corrected chi connectivity index (χ2v) is 7.11. The van der Waals surface area contributed by atoms with E-state index in [2.05, 4.69) is 15.6 Å². The van der Waals surface area contributed by atoms with Gasteiger partial charge < -0.3 is 10.6 Å². The van der Waals surface area contributed by atoms with Crippen molar-refractivity contribution in [3.63, 3.8) is 0 Å². The van der Waals surface area contributed by atoms with Crippen LogP contribution in [0.25, 0.3) is 0 Å². The van der Waals surface area contributed by atoms with Crippen LogP contribution in [0.5, 0.6) is 0 Å². The number of anilines is 2. The second kappa shape index (κ2) is 8.27. The van der Waals surface area contributed by atoms with Gasteiger partial charge in [-0.3, -0.25) is 14.6 Å². The Morgan fingerprint density at radius 2 is 1.17 bits per heavy atom. The summed E-state index contributed by atoms with van der Waals surface area (Å²) in [6.07, 6.45) is 14.1. The van der Waals surface area contributed by atoms with Crippen LogP contribution < -0.4 is 10.6 Å². The fourth-order valence-corrected chi connectivity index (χ4v) is 3.79. The van der Waals surface area contributed by atoms with Crippen molar-refractivity contribution >= 4 is 23.2 Å². The number of hydrogen-bond donors (Lipinski definition) is 2. The molecule has 1 heterocycles. The number of nitrogens with zero attached hydrogens (tertiary/aromatic N) is 1. The number of hydrogen-bond acceptors (Lipinski definition) is 3. The zero-order valence-electron chi connectivity index (χ0n) is 14.2. The van der Waals surface area contributed by atoms with Crippen molar-refractivity contribution in [2.75, 3.05) is 10.6 Å². The van der Waals surface area contributed by atoms with Crippen LogP contribution in [0.2, 0.25) is 0 Å². The number of amides is 2. The quantitative estimate of drug-likeness (QED) is 0.873. The van der Waals surface area contributed by atoms with Crippen LogP contribution in [-0.4, -0.2) is 16.8 Å². The molecule has 0 spiro atoms. The van der Waals surface area contributed by atoms with Crippen molar-refractivity contribution in [1.29, 1.82) is 0 Å². The first-order valence-corrected chi connectivity index (χ1v) is 9.29. The Labute approximate surface area is 143 Å². The van der Waals surface area contributed by atoms with Crippen molar-refractivity contribution in [1.82, 2.24) is 4.98 Å².